The smallest absolute Gasteiger partial charge is 0.122 e. The Morgan fingerprint density at radius 2 is 2.17 bits per heavy atom. The fraction of sp³-hybridized carbons (Fsp3) is 0.308. The summed E-state index contributed by atoms with van der Waals surface area (Å²) in [6.07, 6.45) is 3.49. The predicted molar refractivity (Wildman–Crippen MR) is 76.3 cm³/mol. The zero-order chi connectivity index (χ0) is 13.1. The predicted octanol–water partition coefficient (Wildman–Crippen LogP) is 3.63. The highest BCUT2D eigenvalue weighted by Crippen LogP contribution is 2.25. The molecule has 0 radical (unpaired) electrons. The minimum absolute atomic E-state index is 0.728. The number of halogens is 2. The zero-order valence-electron chi connectivity index (χ0n) is 10.3. The second-order valence-corrected chi connectivity index (χ2v) is 5.24. The summed E-state index contributed by atoms with van der Waals surface area (Å²) in [6.45, 7) is 0. The molecule has 0 saturated heterocycles. The van der Waals surface area contributed by atoms with Crippen LogP contribution in [0.2, 0.25) is 5.02 Å². The molecule has 1 aromatic carbocycles. The largest absolute Gasteiger partial charge is 0.496 e. The molecule has 0 N–H and O–H groups in total. The standard InChI is InChI=1S/C13H14BrClN2O/c1-17-8-16-11(13(17)14)5-3-9-7-10(15)4-6-12(9)18-2/h4,6-8H,3,5H2,1-2H3. The van der Waals surface area contributed by atoms with Crippen LogP contribution in [-0.2, 0) is 19.9 Å². The van der Waals surface area contributed by atoms with Gasteiger partial charge in [-0.3, -0.25) is 0 Å². The van der Waals surface area contributed by atoms with Crippen LogP contribution in [0.3, 0.4) is 0 Å². The van der Waals surface area contributed by atoms with Crippen molar-refractivity contribution >= 4 is 27.5 Å². The Morgan fingerprint density at radius 1 is 1.39 bits per heavy atom. The molecule has 18 heavy (non-hydrogen) atoms. The van der Waals surface area contributed by atoms with Crippen molar-refractivity contribution in [3.05, 3.63) is 45.4 Å². The van der Waals surface area contributed by atoms with E-state index < -0.39 is 0 Å². The van der Waals surface area contributed by atoms with E-state index in [-0.39, 0.29) is 0 Å². The van der Waals surface area contributed by atoms with Gasteiger partial charge >= 0.3 is 0 Å². The lowest BCUT2D eigenvalue weighted by Crippen LogP contribution is -1.97. The van der Waals surface area contributed by atoms with Crippen LogP contribution in [0.25, 0.3) is 0 Å². The second kappa shape index (κ2) is 5.76. The van der Waals surface area contributed by atoms with Gasteiger partial charge in [0.2, 0.25) is 0 Å². The third-order valence-corrected chi connectivity index (χ3v) is 4.06. The van der Waals surface area contributed by atoms with Crippen molar-refractivity contribution < 1.29 is 4.74 Å². The minimum Gasteiger partial charge on any atom is -0.496 e. The first-order chi connectivity index (χ1) is 8.61. The molecule has 2 rings (SSSR count). The maximum atomic E-state index is 6.01. The Labute approximate surface area is 120 Å². The highest BCUT2D eigenvalue weighted by atomic mass is 79.9. The Bertz CT molecular complexity index is 554. The van der Waals surface area contributed by atoms with Gasteiger partial charge in [-0.2, -0.15) is 0 Å². The summed E-state index contributed by atoms with van der Waals surface area (Å²) >= 11 is 9.52. The summed E-state index contributed by atoms with van der Waals surface area (Å²) in [5, 5.41) is 0.728. The number of rotatable bonds is 4. The van der Waals surface area contributed by atoms with Gasteiger partial charge in [0.05, 0.1) is 19.1 Å². The first kappa shape index (κ1) is 13.4. The molecular weight excluding hydrogens is 316 g/mol. The summed E-state index contributed by atoms with van der Waals surface area (Å²) < 4.78 is 8.29. The molecule has 1 aromatic heterocycles. The molecule has 0 fully saturated rings. The number of ether oxygens (including phenoxy) is 1. The van der Waals surface area contributed by atoms with E-state index in [0.29, 0.717) is 0 Å². The Kier molecular flexibility index (Phi) is 4.30. The maximum Gasteiger partial charge on any atom is 0.122 e. The first-order valence-corrected chi connectivity index (χ1v) is 6.77. The number of imidazole rings is 1. The van der Waals surface area contributed by atoms with Crippen molar-refractivity contribution in [1.82, 2.24) is 9.55 Å². The molecule has 0 aliphatic carbocycles. The Hall–Kier alpha value is -1.00. The van der Waals surface area contributed by atoms with Crippen molar-refractivity contribution in [3.63, 3.8) is 0 Å². The minimum atomic E-state index is 0.728. The lowest BCUT2D eigenvalue weighted by atomic mass is 10.1. The summed E-state index contributed by atoms with van der Waals surface area (Å²) in [7, 11) is 3.63. The van der Waals surface area contributed by atoms with E-state index >= 15 is 0 Å². The third kappa shape index (κ3) is 2.87. The lowest BCUT2D eigenvalue weighted by Gasteiger charge is -2.08. The van der Waals surface area contributed by atoms with Crippen LogP contribution >= 0.6 is 27.5 Å². The third-order valence-electron chi connectivity index (χ3n) is 2.81. The highest BCUT2D eigenvalue weighted by Gasteiger charge is 2.09. The number of aromatic nitrogens is 2. The van der Waals surface area contributed by atoms with Gasteiger partial charge in [0.1, 0.15) is 10.4 Å². The van der Waals surface area contributed by atoms with Crippen LogP contribution in [0.5, 0.6) is 5.75 Å². The van der Waals surface area contributed by atoms with E-state index in [0.717, 1.165) is 39.5 Å². The number of nitrogens with zero attached hydrogens (tertiary/aromatic N) is 2. The summed E-state index contributed by atoms with van der Waals surface area (Å²) in [5.41, 5.74) is 2.14. The van der Waals surface area contributed by atoms with Crippen molar-refractivity contribution in [2.45, 2.75) is 12.8 Å². The fourth-order valence-electron chi connectivity index (χ4n) is 1.83. The van der Waals surface area contributed by atoms with Crippen LogP contribution in [0, 0.1) is 0 Å². The average Bonchev–Trinajstić information content (AvgIpc) is 2.68. The van der Waals surface area contributed by atoms with E-state index in [1.54, 1.807) is 13.4 Å². The molecule has 1 heterocycles. The molecule has 0 amide bonds. The molecule has 0 saturated carbocycles. The second-order valence-electron chi connectivity index (χ2n) is 4.05. The van der Waals surface area contributed by atoms with E-state index in [1.807, 2.05) is 29.8 Å². The van der Waals surface area contributed by atoms with Crippen molar-refractivity contribution in [3.8, 4) is 5.75 Å². The average molecular weight is 330 g/mol. The van der Waals surface area contributed by atoms with Crippen molar-refractivity contribution in [2.24, 2.45) is 7.05 Å². The van der Waals surface area contributed by atoms with Gasteiger partial charge in [0, 0.05) is 12.1 Å². The summed E-state index contributed by atoms with van der Waals surface area (Å²) in [6, 6.07) is 5.67. The number of aryl methyl sites for hydroxylation is 3. The molecule has 0 aliphatic rings. The molecule has 0 atom stereocenters. The molecule has 0 spiro atoms. The molecular formula is C13H14BrClN2O. The zero-order valence-corrected chi connectivity index (χ0v) is 12.6. The van der Waals surface area contributed by atoms with Crippen molar-refractivity contribution in [1.29, 1.82) is 0 Å². The Morgan fingerprint density at radius 3 is 2.78 bits per heavy atom. The van der Waals surface area contributed by atoms with Gasteiger partial charge in [-0.05, 0) is 52.5 Å². The first-order valence-electron chi connectivity index (χ1n) is 5.60. The molecule has 2 aromatic rings. The Balaban J connectivity index is 2.15. The van der Waals surface area contributed by atoms with Gasteiger partial charge < -0.3 is 9.30 Å². The van der Waals surface area contributed by atoms with Gasteiger partial charge in [0.15, 0.2) is 0 Å². The van der Waals surface area contributed by atoms with Gasteiger partial charge in [0.25, 0.3) is 0 Å². The van der Waals surface area contributed by atoms with Gasteiger partial charge in [-0.15, -0.1) is 0 Å². The van der Waals surface area contributed by atoms with Crippen LogP contribution in [0.15, 0.2) is 29.1 Å². The van der Waals surface area contributed by atoms with Gasteiger partial charge in [-0.1, -0.05) is 11.6 Å². The molecule has 0 bridgehead atoms. The van der Waals surface area contributed by atoms with Crippen LogP contribution in [0.1, 0.15) is 11.3 Å². The SMILES string of the molecule is COc1ccc(Cl)cc1CCc1ncn(C)c1Br. The van der Waals surface area contributed by atoms with Crippen LogP contribution in [0.4, 0.5) is 0 Å². The summed E-state index contributed by atoms with van der Waals surface area (Å²) in [4.78, 5) is 4.35. The monoisotopic (exact) mass is 328 g/mol. The normalized spacial score (nSPS) is 10.7. The van der Waals surface area contributed by atoms with E-state index in [9.17, 15) is 0 Å². The van der Waals surface area contributed by atoms with Gasteiger partial charge in [-0.25, -0.2) is 4.98 Å². The fourth-order valence-corrected chi connectivity index (χ4v) is 2.41. The number of methoxy groups -OCH3 is 1. The number of hydrogen-bond acceptors (Lipinski definition) is 2. The summed E-state index contributed by atoms with van der Waals surface area (Å²) in [5.74, 6) is 0.867. The van der Waals surface area contributed by atoms with E-state index in [2.05, 4.69) is 20.9 Å². The van der Waals surface area contributed by atoms with Crippen LogP contribution in [-0.4, -0.2) is 16.7 Å². The molecule has 0 aliphatic heterocycles. The molecule has 0 unspecified atom stereocenters. The lowest BCUT2D eigenvalue weighted by molar-refractivity contribution is 0.409. The quantitative estimate of drug-likeness (QED) is 0.856. The number of hydrogen-bond donors (Lipinski definition) is 0. The molecule has 3 nitrogen and oxygen atoms in total. The molecule has 5 heteroatoms. The van der Waals surface area contributed by atoms with E-state index in [1.165, 1.54) is 0 Å². The molecule has 96 valence electrons. The topological polar surface area (TPSA) is 27.1 Å². The van der Waals surface area contributed by atoms with Crippen LogP contribution < -0.4 is 4.74 Å². The van der Waals surface area contributed by atoms with Crippen molar-refractivity contribution in [2.75, 3.05) is 7.11 Å². The van der Waals surface area contributed by atoms with E-state index in [4.69, 9.17) is 16.3 Å². The maximum absolute atomic E-state index is 6.01. The highest BCUT2D eigenvalue weighted by molar-refractivity contribution is 9.10. The number of benzene rings is 1.